The molecule has 0 unspecified atom stereocenters. The summed E-state index contributed by atoms with van der Waals surface area (Å²) in [6.45, 7) is 12.0. The molecule has 1 aromatic heterocycles. The summed E-state index contributed by atoms with van der Waals surface area (Å²) in [6.07, 6.45) is 1.54. The smallest absolute Gasteiger partial charge is 0.241 e. The number of aryl methyl sites for hydroxylation is 1. The monoisotopic (exact) mass is 361 g/mol. The number of sulfonamides is 1. The second kappa shape index (κ2) is 6.95. The molecule has 0 radical (unpaired) electrons. The summed E-state index contributed by atoms with van der Waals surface area (Å²) in [5, 5.41) is 0.855. The highest BCUT2D eigenvalue weighted by atomic mass is 32.2. The Morgan fingerprint density at radius 1 is 1.21 bits per heavy atom. The highest BCUT2D eigenvalue weighted by molar-refractivity contribution is 7.89. The van der Waals surface area contributed by atoms with Crippen LogP contribution < -0.4 is 4.72 Å². The SMILES string of the molecule is C=C=C([C@H](NS(=O)(=O)c1ccc(C)cc1)c1ccco1)[Si](C)(C)C. The van der Waals surface area contributed by atoms with Crippen LogP contribution in [0, 0.1) is 6.92 Å². The fourth-order valence-electron chi connectivity index (χ4n) is 2.46. The Bertz CT molecular complexity index is 841. The van der Waals surface area contributed by atoms with Gasteiger partial charge in [0.2, 0.25) is 10.0 Å². The minimum Gasteiger partial charge on any atom is -0.467 e. The maximum atomic E-state index is 12.8. The van der Waals surface area contributed by atoms with Gasteiger partial charge in [0.1, 0.15) is 11.8 Å². The zero-order valence-electron chi connectivity index (χ0n) is 14.5. The molecule has 1 atom stereocenters. The first-order valence-electron chi connectivity index (χ1n) is 7.68. The topological polar surface area (TPSA) is 59.3 Å². The molecule has 4 nitrogen and oxygen atoms in total. The van der Waals surface area contributed by atoms with Crippen LogP contribution >= 0.6 is 0 Å². The van der Waals surface area contributed by atoms with Gasteiger partial charge >= 0.3 is 0 Å². The predicted molar refractivity (Wildman–Crippen MR) is 98.9 cm³/mol. The molecule has 24 heavy (non-hydrogen) atoms. The van der Waals surface area contributed by atoms with Crippen molar-refractivity contribution in [3.63, 3.8) is 0 Å². The van der Waals surface area contributed by atoms with Crippen molar-refractivity contribution in [3.8, 4) is 0 Å². The molecule has 0 fully saturated rings. The van der Waals surface area contributed by atoms with Gasteiger partial charge in [-0.05, 0) is 36.4 Å². The molecule has 2 rings (SSSR count). The minimum absolute atomic E-state index is 0.226. The zero-order chi connectivity index (χ0) is 18.0. The quantitative estimate of drug-likeness (QED) is 0.620. The van der Waals surface area contributed by atoms with Crippen LogP contribution in [0.2, 0.25) is 19.6 Å². The number of hydrogen-bond acceptors (Lipinski definition) is 3. The summed E-state index contributed by atoms with van der Waals surface area (Å²) in [5.74, 6) is 0.541. The van der Waals surface area contributed by atoms with Gasteiger partial charge < -0.3 is 4.42 Å². The Labute approximate surface area is 145 Å². The third-order valence-corrected chi connectivity index (χ3v) is 7.24. The van der Waals surface area contributed by atoms with E-state index in [0.717, 1.165) is 10.8 Å². The predicted octanol–water partition coefficient (Wildman–Crippen LogP) is 4.20. The first-order valence-corrected chi connectivity index (χ1v) is 12.7. The molecule has 1 aromatic carbocycles. The second-order valence-electron chi connectivity index (χ2n) is 6.72. The van der Waals surface area contributed by atoms with Crippen LogP contribution in [-0.4, -0.2) is 16.5 Å². The lowest BCUT2D eigenvalue weighted by Gasteiger charge is -2.27. The van der Waals surface area contributed by atoms with Crippen LogP contribution in [0.4, 0.5) is 0 Å². The third kappa shape index (κ3) is 4.16. The number of furan rings is 1. The van der Waals surface area contributed by atoms with E-state index in [1.165, 1.54) is 6.26 Å². The molecule has 0 aliphatic rings. The van der Waals surface area contributed by atoms with Gasteiger partial charge in [0.05, 0.1) is 19.2 Å². The van der Waals surface area contributed by atoms with E-state index in [-0.39, 0.29) is 4.90 Å². The van der Waals surface area contributed by atoms with E-state index in [0.29, 0.717) is 5.76 Å². The van der Waals surface area contributed by atoms with E-state index >= 15 is 0 Å². The number of benzene rings is 1. The fraction of sp³-hybridized carbons (Fsp3) is 0.278. The molecule has 1 N–H and O–H groups in total. The molecule has 2 aromatic rings. The molecular formula is C18H23NO3SSi. The summed E-state index contributed by atoms with van der Waals surface area (Å²) in [5.41, 5.74) is 3.96. The van der Waals surface area contributed by atoms with Crippen LogP contribution in [-0.2, 0) is 10.0 Å². The molecular weight excluding hydrogens is 338 g/mol. The number of hydrogen-bond donors (Lipinski definition) is 1. The van der Waals surface area contributed by atoms with Crippen LogP contribution in [0.15, 0.2) is 69.5 Å². The minimum atomic E-state index is -3.69. The largest absolute Gasteiger partial charge is 0.467 e. The lowest BCUT2D eigenvalue weighted by Crippen LogP contribution is -2.37. The Balaban J connectivity index is 2.46. The van der Waals surface area contributed by atoms with Crippen molar-refractivity contribution < 1.29 is 12.8 Å². The average molecular weight is 362 g/mol. The fourth-order valence-corrected chi connectivity index (χ4v) is 5.35. The summed E-state index contributed by atoms with van der Waals surface area (Å²) in [4.78, 5) is 0.226. The standard InChI is InChI=1S/C18H23NO3SSi/c1-6-17(24(3,4)5)18(16-8-7-13-22-16)19-23(20,21)15-11-9-14(2)10-12-15/h7-13,18-19H,1H2,2-5H3/t18-/m1/s1. The lowest BCUT2D eigenvalue weighted by atomic mass is 10.2. The Morgan fingerprint density at radius 3 is 2.29 bits per heavy atom. The van der Waals surface area contributed by atoms with Crippen molar-refractivity contribution in [1.29, 1.82) is 0 Å². The Hall–Kier alpha value is -1.85. The van der Waals surface area contributed by atoms with Crippen LogP contribution in [0.5, 0.6) is 0 Å². The molecule has 0 aliphatic carbocycles. The van der Waals surface area contributed by atoms with E-state index in [1.54, 1.807) is 36.4 Å². The van der Waals surface area contributed by atoms with E-state index in [4.69, 9.17) is 4.42 Å². The summed E-state index contributed by atoms with van der Waals surface area (Å²) in [6, 6.07) is 9.66. The van der Waals surface area contributed by atoms with Crippen LogP contribution in [0.1, 0.15) is 17.4 Å². The van der Waals surface area contributed by atoms with Gasteiger partial charge in [-0.1, -0.05) is 43.9 Å². The molecule has 0 spiro atoms. The highest BCUT2D eigenvalue weighted by Crippen LogP contribution is 2.30. The second-order valence-corrected chi connectivity index (χ2v) is 13.5. The molecule has 128 valence electrons. The van der Waals surface area contributed by atoms with Crippen molar-refractivity contribution in [2.24, 2.45) is 0 Å². The molecule has 0 bridgehead atoms. The molecule has 0 saturated heterocycles. The lowest BCUT2D eigenvalue weighted by molar-refractivity contribution is 0.472. The van der Waals surface area contributed by atoms with E-state index in [2.05, 4.69) is 36.7 Å². The van der Waals surface area contributed by atoms with Crippen molar-refractivity contribution in [1.82, 2.24) is 4.72 Å². The van der Waals surface area contributed by atoms with Gasteiger partial charge in [0, 0.05) is 0 Å². The Morgan fingerprint density at radius 2 is 1.83 bits per heavy atom. The number of nitrogens with one attached hydrogen (secondary N) is 1. The molecule has 0 amide bonds. The zero-order valence-corrected chi connectivity index (χ0v) is 16.3. The van der Waals surface area contributed by atoms with Crippen molar-refractivity contribution in [3.05, 3.63) is 71.5 Å². The first kappa shape index (κ1) is 18.5. The maximum absolute atomic E-state index is 12.8. The van der Waals surface area contributed by atoms with Gasteiger partial charge in [0.15, 0.2) is 0 Å². The molecule has 0 saturated carbocycles. The van der Waals surface area contributed by atoms with Gasteiger partial charge in [-0.15, -0.1) is 5.73 Å². The highest BCUT2D eigenvalue weighted by Gasteiger charge is 2.33. The number of rotatable bonds is 6. The van der Waals surface area contributed by atoms with Gasteiger partial charge in [-0.3, -0.25) is 0 Å². The first-order chi connectivity index (χ1) is 11.1. The summed E-state index contributed by atoms with van der Waals surface area (Å²) < 4.78 is 33.8. The van der Waals surface area contributed by atoms with E-state index in [1.807, 2.05) is 6.92 Å². The normalized spacial score (nSPS) is 13.3. The molecule has 0 aliphatic heterocycles. The Kier molecular flexibility index (Phi) is 5.35. The van der Waals surface area contributed by atoms with Gasteiger partial charge in [-0.25, -0.2) is 8.42 Å². The van der Waals surface area contributed by atoms with Crippen molar-refractivity contribution in [2.45, 2.75) is 37.5 Å². The molecule has 1 heterocycles. The van der Waals surface area contributed by atoms with Crippen molar-refractivity contribution in [2.75, 3.05) is 0 Å². The van der Waals surface area contributed by atoms with E-state index in [9.17, 15) is 8.42 Å². The van der Waals surface area contributed by atoms with Crippen LogP contribution in [0.3, 0.4) is 0 Å². The van der Waals surface area contributed by atoms with Gasteiger partial charge in [0.25, 0.3) is 0 Å². The van der Waals surface area contributed by atoms with Crippen molar-refractivity contribution >= 4 is 18.1 Å². The average Bonchev–Trinajstić information content (AvgIpc) is 3.00. The third-order valence-electron chi connectivity index (χ3n) is 3.72. The van der Waals surface area contributed by atoms with Gasteiger partial charge in [-0.2, -0.15) is 4.72 Å². The maximum Gasteiger partial charge on any atom is 0.241 e. The van der Waals surface area contributed by atoms with Crippen LogP contribution in [0.25, 0.3) is 0 Å². The van der Waals surface area contributed by atoms with E-state index < -0.39 is 24.1 Å². The molecule has 6 heteroatoms. The summed E-state index contributed by atoms with van der Waals surface area (Å²) in [7, 11) is -5.55. The summed E-state index contributed by atoms with van der Waals surface area (Å²) >= 11 is 0.